The highest BCUT2D eigenvalue weighted by molar-refractivity contribution is 5.98. The second kappa shape index (κ2) is 8.35. The third kappa shape index (κ3) is 4.52. The predicted molar refractivity (Wildman–Crippen MR) is 96.6 cm³/mol. The van der Waals surface area contributed by atoms with Crippen molar-refractivity contribution < 1.29 is 19.1 Å². The molecule has 1 amide bonds. The summed E-state index contributed by atoms with van der Waals surface area (Å²) in [6.45, 7) is 2.18. The van der Waals surface area contributed by atoms with Crippen LogP contribution in [0, 0.1) is 5.92 Å². The summed E-state index contributed by atoms with van der Waals surface area (Å²) in [6.07, 6.45) is -0.464. The molecule has 1 saturated heterocycles. The SMILES string of the molecule is CCOC(=O)C1CNC(Nc2ccc(Oc3ccccc3)cc2)NC1=O. The highest BCUT2D eigenvalue weighted by Crippen LogP contribution is 2.22. The maximum atomic E-state index is 12.1. The maximum Gasteiger partial charge on any atom is 0.319 e. The Labute approximate surface area is 151 Å². The van der Waals surface area contributed by atoms with Crippen molar-refractivity contribution in [3.05, 3.63) is 54.6 Å². The predicted octanol–water partition coefficient (Wildman–Crippen LogP) is 2.07. The molecule has 2 aromatic carbocycles. The molecule has 26 heavy (non-hydrogen) atoms. The number of nitrogens with one attached hydrogen (secondary N) is 3. The molecule has 0 spiro atoms. The number of para-hydroxylation sites is 1. The van der Waals surface area contributed by atoms with Gasteiger partial charge in [0.2, 0.25) is 5.91 Å². The topological polar surface area (TPSA) is 88.7 Å². The molecule has 7 nitrogen and oxygen atoms in total. The molecular formula is C19H21N3O4. The third-order valence-electron chi connectivity index (χ3n) is 3.84. The summed E-state index contributed by atoms with van der Waals surface area (Å²) < 4.78 is 10.6. The summed E-state index contributed by atoms with van der Waals surface area (Å²) in [5.41, 5.74) is 0.804. The summed E-state index contributed by atoms with van der Waals surface area (Å²) >= 11 is 0. The number of benzene rings is 2. The van der Waals surface area contributed by atoms with Gasteiger partial charge in [-0.15, -0.1) is 0 Å². The Bertz CT molecular complexity index is 749. The van der Waals surface area contributed by atoms with Crippen LogP contribution in [-0.2, 0) is 14.3 Å². The second-order valence-electron chi connectivity index (χ2n) is 5.74. The molecule has 1 aliphatic heterocycles. The molecule has 136 valence electrons. The molecule has 2 atom stereocenters. The zero-order valence-electron chi connectivity index (χ0n) is 14.4. The number of hydrogen-bond acceptors (Lipinski definition) is 6. The van der Waals surface area contributed by atoms with E-state index in [1.165, 1.54) is 0 Å². The number of carbonyl (C=O) groups is 2. The van der Waals surface area contributed by atoms with Gasteiger partial charge in [-0.1, -0.05) is 18.2 Å². The molecule has 0 saturated carbocycles. The van der Waals surface area contributed by atoms with Gasteiger partial charge in [0.15, 0.2) is 6.29 Å². The van der Waals surface area contributed by atoms with E-state index < -0.39 is 18.2 Å². The lowest BCUT2D eigenvalue weighted by Gasteiger charge is -2.30. The van der Waals surface area contributed by atoms with Crippen LogP contribution in [0.5, 0.6) is 11.5 Å². The van der Waals surface area contributed by atoms with E-state index in [2.05, 4.69) is 16.0 Å². The minimum Gasteiger partial charge on any atom is -0.465 e. The van der Waals surface area contributed by atoms with E-state index in [4.69, 9.17) is 9.47 Å². The fourth-order valence-corrected chi connectivity index (χ4v) is 2.55. The zero-order valence-corrected chi connectivity index (χ0v) is 14.4. The number of esters is 1. The summed E-state index contributed by atoms with van der Waals surface area (Å²) in [6, 6.07) is 16.9. The number of amides is 1. The maximum absolute atomic E-state index is 12.1. The first kappa shape index (κ1) is 17.8. The number of hydrogen-bond donors (Lipinski definition) is 3. The summed E-state index contributed by atoms with van der Waals surface area (Å²) in [5.74, 6) is -0.221. The smallest absolute Gasteiger partial charge is 0.319 e. The first-order valence-corrected chi connectivity index (χ1v) is 8.45. The Morgan fingerprint density at radius 2 is 1.81 bits per heavy atom. The van der Waals surface area contributed by atoms with E-state index in [0.29, 0.717) is 5.75 Å². The number of carbonyl (C=O) groups excluding carboxylic acids is 2. The minimum atomic E-state index is -0.824. The van der Waals surface area contributed by atoms with Crippen molar-refractivity contribution in [2.45, 2.75) is 13.2 Å². The number of ether oxygens (including phenoxy) is 2. The van der Waals surface area contributed by atoms with E-state index in [-0.39, 0.29) is 19.1 Å². The lowest BCUT2D eigenvalue weighted by Crippen LogP contribution is -2.61. The van der Waals surface area contributed by atoms with Crippen molar-refractivity contribution >= 4 is 17.6 Å². The Kier molecular flexibility index (Phi) is 5.70. The molecule has 0 aliphatic carbocycles. The van der Waals surface area contributed by atoms with Gasteiger partial charge in [0, 0.05) is 12.2 Å². The van der Waals surface area contributed by atoms with Gasteiger partial charge in [-0.25, -0.2) is 0 Å². The highest BCUT2D eigenvalue weighted by Gasteiger charge is 2.33. The average Bonchev–Trinajstić information content (AvgIpc) is 2.64. The molecule has 3 N–H and O–H groups in total. The van der Waals surface area contributed by atoms with Crippen LogP contribution in [0.1, 0.15) is 6.92 Å². The lowest BCUT2D eigenvalue weighted by atomic mass is 10.1. The van der Waals surface area contributed by atoms with E-state index in [9.17, 15) is 9.59 Å². The van der Waals surface area contributed by atoms with Gasteiger partial charge in [0.05, 0.1) is 6.61 Å². The molecule has 0 bridgehead atoms. The van der Waals surface area contributed by atoms with Crippen molar-refractivity contribution in [1.29, 1.82) is 0 Å². The molecule has 0 radical (unpaired) electrons. The van der Waals surface area contributed by atoms with Gasteiger partial charge in [0.25, 0.3) is 0 Å². The normalized spacial score (nSPS) is 19.3. The Morgan fingerprint density at radius 1 is 1.12 bits per heavy atom. The van der Waals surface area contributed by atoms with Crippen LogP contribution < -0.4 is 20.7 Å². The van der Waals surface area contributed by atoms with E-state index in [1.807, 2.05) is 54.6 Å². The minimum absolute atomic E-state index is 0.220. The van der Waals surface area contributed by atoms with E-state index in [0.717, 1.165) is 11.4 Å². The second-order valence-corrected chi connectivity index (χ2v) is 5.74. The van der Waals surface area contributed by atoms with Gasteiger partial charge < -0.3 is 20.1 Å². The van der Waals surface area contributed by atoms with E-state index >= 15 is 0 Å². The Balaban J connectivity index is 1.53. The summed E-state index contributed by atoms with van der Waals surface area (Å²) in [7, 11) is 0. The number of anilines is 1. The van der Waals surface area contributed by atoms with Crippen LogP contribution in [0.15, 0.2) is 54.6 Å². The van der Waals surface area contributed by atoms with Crippen LogP contribution in [0.25, 0.3) is 0 Å². The molecule has 2 unspecified atom stereocenters. The number of rotatable bonds is 6. The average molecular weight is 355 g/mol. The van der Waals surface area contributed by atoms with Crippen molar-refractivity contribution in [2.75, 3.05) is 18.5 Å². The standard InChI is InChI=1S/C19H21N3O4/c1-2-25-18(24)16-12-20-19(22-17(16)23)21-13-8-10-15(11-9-13)26-14-6-4-3-5-7-14/h3-11,16,19-21H,2,12H2,1H3,(H,22,23). The van der Waals surface area contributed by atoms with Gasteiger partial charge >= 0.3 is 5.97 Å². The quantitative estimate of drug-likeness (QED) is 0.543. The van der Waals surface area contributed by atoms with Crippen LogP contribution in [0.3, 0.4) is 0 Å². The molecule has 1 aliphatic rings. The van der Waals surface area contributed by atoms with Crippen molar-refractivity contribution in [3.8, 4) is 11.5 Å². The highest BCUT2D eigenvalue weighted by atomic mass is 16.5. The molecule has 1 heterocycles. The Hall–Kier alpha value is -3.06. The van der Waals surface area contributed by atoms with Gasteiger partial charge in [-0.3, -0.25) is 14.9 Å². The fourth-order valence-electron chi connectivity index (χ4n) is 2.55. The van der Waals surface area contributed by atoms with E-state index in [1.54, 1.807) is 6.92 Å². The molecule has 1 fully saturated rings. The third-order valence-corrected chi connectivity index (χ3v) is 3.84. The zero-order chi connectivity index (χ0) is 18.4. The van der Waals surface area contributed by atoms with Crippen molar-refractivity contribution in [2.24, 2.45) is 5.92 Å². The van der Waals surface area contributed by atoms with Gasteiger partial charge in [-0.05, 0) is 43.3 Å². The van der Waals surface area contributed by atoms with Crippen LogP contribution in [0.2, 0.25) is 0 Å². The van der Waals surface area contributed by atoms with Gasteiger partial charge in [0.1, 0.15) is 17.4 Å². The first-order chi connectivity index (χ1) is 12.7. The largest absolute Gasteiger partial charge is 0.465 e. The van der Waals surface area contributed by atoms with Crippen LogP contribution >= 0.6 is 0 Å². The molecule has 7 heteroatoms. The molecule has 0 aromatic heterocycles. The lowest BCUT2D eigenvalue weighted by molar-refractivity contribution is -0.153. The van der Waals surface area contributed by atoms with Crippen molar-refractivity contribution in [3.63, 3.8) is 0 Å². The fraction of sp³-hybridized carbons (Fsp3) is 0.263. The molecule has 3 rings (SSSR count). The monoisotopic (exact) mass is 355 g/mol. The first-order valence-electron chi connectivity index (χ1n) is 8.45. The van der Waals surface area contributed by atoms with Crippen LogP contribution in [0.4, 0.5) is 5.69 Å². The molecule has 2 aromatic rings. The Morgan fingerprint density at radius 3 is 2.46 bits per heavy atom. The molecular weight excluding hydrogens is 334 g/mol. The summed E-state index contributed by atoms with van der Waals surface area (Å²) in [5, 5.41) is 8.93. The van der Waals surface area contributed by atoms with Crippen molar-refractivity contribution in [1.82, 2.24) is 10.6 Å². The van der Waals surface area contributed by atoms with Crippen LogP contribution in [-0.4, -0.2) is 31.3 Å². The summed E-state index contributed by atoms with van der Waals surface area (Å²) in [4.78, 5) is 23.8. The van der Waals surface area contributed by atoms with Gasteiger partial charge in [-0.2, -0.15) is 0 Å².